The van der Waals surface area contributed by atoms with Gasteiger partial charge >= 0.3 is 5.97 Å². The molecular weight excluding hydrogens is 460 g/mol. The van der Waals surface area contributed by atoms with Crippen molar-refractivity contribution in [1.82, 2.24) is 4.83 Å². The Bertz CT molecular complexity index is 1110. The van der Waals surface area contributed by atoms with Crippen LogP contribution in [0.3, 0.4) is 0 Å². The number of aryl methyl sites for hydroxylation is 1. The van der Waals surface area contributed by atoms with Crippen LogP contribution in [-0.2, 0) is 19.6 Å². The highest BCUT2D eigenvalue weighted by Crippen LogP contribution is 2.65. The summed E-state index contributed by atoms with van der Waals surface area (Å²) in [6, 6.07) is 6.90. The first-order valence-corrected chi connectivity index (χ1v) is 14.8. The summed E-state index contributed by atoms with van der Waals surface area (Å²) >= 11 is 0. The summed E-state index contributed by atoms with van der Waals surface area (Å²) in [5.74, 6) is 2.40. The molecule has 6 nitrogen and oxygen atoms in total. The average Bonchev–Trinajstić information content (AvgIpc) is 3.14. The van der Waals surface area contributed by atoms with Gasteiger partial charge in [0.25, 0.3) is 10.0 Å². The molecule has 0 bridgehead atoms. The molecular formula is C28H40N2O4S. The number of benzene rings is 1. The molecule has 0 spiro atoms. The first-order chi connectivity index (χ1) is 16.5. The zero-order valence-corrected chi connectivity index (χ0v) is 22.4. The maximum absolute atomic E-state index is 12.8. The largest absolute Gasteiger partial charge is 0.463 e. The second kappa shape index (κ2) is 8.89. The zero-order valence-electron chi connectivity index (χ0n) is 21.5. The lowest BCUT2D eigenvalue weighted by Gasteiger charge is -2.60. The third kappa shape index (κ3) is 4.32. The van der Waals surface area contributed by atoms with Crippen LogP contribution in [0.15, 0.2) is 34.3 Å². The number of hydrazone groups is 1. The molecule has 4 saturated carbocycles. The van der Waals surface area contributed by atoms with Gasteiger partial charge < -0.3 is 4.74 Å². The lowest BCUT2D eigenvalue weighted by atomic mass is 9.45. The zero-order chi connectivity index (χ0) is 25.0. The number of ether oxygens (including phenoxy) is 1. The lowest BCUT2D eigenvalue weighted by molar-refractivity contribution is -0.158. The predicted molar refractivity (Wildman–Crippen MR) is 136 cm³/mol. The molecule has 7 heteroatoms. The Morgan fingerprint density at radius 2 is 1.77 bits per heavy atom. The number of fused-ring (bicyclic) bond motifs is 5. The van der Waals surface area contributed by atoms with Crippen molar-refractivity contribution in [3.05, 3.63) is 29.8 Å². The van der Waals surface area contributed by atoms with Crippen LogP contribution in [-0.4, -0.2) is 26.2 Å². The number of carbonyl (C=O) groups is 1. The second-order valence-corrected chi connectivity index (χ2v) is 13.8. The van der Waals surface area contributed by atoms with Crippen molar-refractivity contribution in [2.24, 2.45) is 39.6 Å². The summed E-state index contributed by atoms with van der Waals surface area (Å²) in [6.07, 6.45) is 9.84. The van der Waals surface area contributed by atoms with Crippen molar-refractivity contribution in [3.8, 4) is 0 Å². The fourth-order valence-electron chi connectivity index (χ4n) is 8.42. The number of hydrogen-bond acceptors (Lipinski definition) is 5. The number of rotatable bonds is 4. The molecule has 4 aliphatic carbocycles. The SMILES string of the molecule is CC(=O)O[C@H]1CC[C@@]2(C)[C@H](CC[C@H]3[C@@H]2CC[C@@]2(C)C(=NNS(=O)(=O)c4ccc(C)cc4)CC[C@@H]32)C1. The molecule has 192 valence electrons. The number of hydrogen-bond donors (Lipinski definition) is 1. The second-order valence-electron chi connectivity index (χ2n) is 12.1. The maximum atomic E-state index is 12.8. The predicted octanol–water partition coefficient (Wildman–Crippen LogP) is 5.60. The maximum Gasteiger partial charge on any atom is 0.302 e. The van der Waals surface area contributed by atoms with Crippen molar-refractivity contribution >= 4 is 21.7 Å². The minimum atomic E-state index is -3.67. The molecule has 0 radical (unpaired) electrons. The van der Waals surface area contributed by atoms with Crippen molar-refractivity contribution in [1.29, 1.82) is 0 Å². The van der Waals surface area contributed by atoms with Gasteiger partial charge in [-0.1, -0.05) is 31.5 Å². The highest BCUT2D eigenvalue weighted by atomic mass is 32.2. The van der Waals surface area contributed by atoms with E-state index in [1.54, 1.807) is 12.1 Å². The number of sulfonamides is 1. The molecule has 0 heterocycles. The molecule has 4 aliphatic rings. The summed E-state index contributed by atoms with van der Waals surface area (Å²) in [5.41, 5.74) is 2.34. The van der Waals surface area contributed by atoms with E-state index in [2.05, 4.69) is 23.8 Å². The molecule has 7 atom stereocenters. The van der Waals surface area contributed by atoms with Gasteiger partial charge in [0, 0.05) is 18.1 Å². The van der Waals surface area contributed by atoms with E-state index in [0.717, 1.165) is 49.8 Å². The molecule has 0 amide bonds. The quantitative estimate of drug-likeness (QED) is 0.431. The third-order valence-corrected chi connectivity index (χ3v) is 11.5. The van der Waals surface area contributed by atoms with Crippen LogP contribution < -0.4 is 4.83 Å². The van der Waals surface area contributed by atoms with Crippen LogP contribution in [0.2, 0.25) is 0 Å². The normalized spacial score (nSPS) is 39.9. The molecule has 1 aromatic carbocycles. The minimum Gasteiger partial charge on any atom is -0.463 e. The number of carbonyl (C=O) groups excluding carboxylic acids is 1. The first kappa shape index (κ1) is 24.8. The number of esters is 1. The molecule has 4 fully saturated rings. The molecule has 0 aromatic heterocycles. The number of nitrogens with one attached hydrogen (secondary N) is 1. The number of nitrogens with zero attached hydrogens (tertiary/aromatic N) is 1. The van der Waals surface area contributed by atoms with Crippen LogP contribution in [0.25, 0.3) is 0 Å². The standard InChI is InChI=1S/C28H40N2O4S/c1-18-5-8-22(9-6-18)35(32,33)30-29-26-12-11-24-23-10-7-20-17-21(34-19(2)31)13-15-27(20,3)25(23)14-16-28(24,26)4/h5-6,8-9,20-21,23-25,30H,7,10-17H2,1-4H3/t20-,21+,23-,24+,25+,27+,28-/m1/s1. The van der Waals surface area contributed by atoms with Gasteiger partial charge in [-0.2, -0.15) is 13.5 Å². The van der Waals surface area contributed by atoms with Gasteiger partial charge in [-0.25, -0.2) is 4.83 Å². The van der Waals surface area contributed by atoms with Crippen LogP contribution in [0.5, 0.6) is 0 Å². The van der Waals surface area contributed by atoms with E-state index < -0.39 is 10.0 Å². The molecule has 0 saturated heterocycles. The van der Waals surface area contributed by atoms with E-state index >= 15 is 0 Å². The molecule has 0 aliphatic heterocycles. The topological polar surface area (TPSA) is 84.8 Å². The smallest absolute Gasteiger partial charge is 0.302 e. The van der Waals surface area contributed by atoms with Gasteiger partial charge in [0.05, 0.1) is 4.90 Å². The van der Waals surface area contributed by atoms with E-state index in [1.165, 1.54) is 26.2 Å². The van der Waals surface area contributed by atoms with Gasteiger partial charge in [0.1, 0.15) is 6.10 Å². The van der Waals surface area contributed by atoms with Gasteiger partial charge in [-0.15, -0.1) is 0 Å². The van der Waals surface area contributed by atoms with E-state index in [9.17, 15) is 13.2 Å². The van der Waals surface area contributed by atoms with E-state index in [4.69, 9.17) is 4.74 Å². The molecule has 5 rings (SSSR count). The fourth-order valence-corrected chi connectivity index (χ4v) is 9.25. The fraction of sp³-hybridized carbons (Fsp3) is 0.714. The van der Waals surface area contributed by atoms with Gasteiger partial charge in [-0.3, -0.25) is 4.79 Å². The highest BCUT2D eigenvalue weighted by molar-refractivity contribution is 7.89. The molecule has 1 aromatic rings. The lowest BCUT2D eigenvalue weighted by Crippen LogP contribution is -2.54. The van der Waals surface area contributed by atoms with Gasteiger partial charge in [-0.05, 0) is 106 Å². The average molecular weight is 501 g/mol. The summed E-state index contributed by atoms with van der Waals surface area (Å²) < 4.78 is 31.3. The van der Waals surface area contributed by atoms with Crippen molar-refractivity contribution < 1.29 is 17.9 Å². The minimum absolute atomic E-state index is 0.0326. The Kier molecular flexibility index (Phi) is 6.30. The van der Waals surface area contributed by atoms with Crippen LogP contribution in [0.4, 0.5) is 0 Å². The third-order valence-electron chi connectivity index (χ3n) is 10.3. The Hall–Kier alpha value is -1.89. The monoisotopic (exact) mass is 500 g/mol. The molecule has 35 heavy (non-hydrogen) atoms. The van der Waals surface area contributed by atoms with Crippen LogP contribution in [0, 0.1) is 41.4 Å². The summed E-state index contributed by atoms with van der Waals surface area (Å²) in [5, 5.41) is 4.55. The Balaban J connectivity index is 1.31. The van der Waals surface area contributed by atoms with Gasteiger partial charge in [0.2, 0.25) is 0 Å². The van der Waals surface area contributed by atoms with Crippen molar-refractivity contribution in [3.63, 3.8) is 0 Å². The van der Waals surface area contributed by atoms with E-state index in [-0.39, 0.29) is 22.4 Å². The summed E-state index contributed by atoms with van der Waals surface area (Å²) in [6.45, 7) is 8.29. The summed E-state index contributed by atoms with van der Waals surface area (Å²) in [7, 11) is -3.67. The van der Waals surface area contributed by atoms with Crippen LogP contribution in [0.1, 0.15) is 84.1 Å². The Labute approximate surface area is 210 Å². The van der Waals surface area contributed by atoms with Crippen molar-refractivity contribution in [2.45, 2.75) is 96.5 Å². The van der Waals surface area contributed by atoms with E-state index in [0.29, 0.717) is 29.1 Å². The van der Waals surface area contributed by atoms with Crippen LogP contribution >= 0.6 is 0 Å². The van der Waals surface area contributed by atoms with Gasteiger partial charge in [0.15, 0.2) is 0 Å². The Morgan fingerprint density at radius 1 is 1.03 bits per heavy atom. The summed E-state index contributed by atoms with van der Waals surface area (Å²) in [4.78, 5) is 14.3. The van der Waals surface area contributed by atoms with Crippen molar-refractivity contribution in [2.75, 3.05) is 0 Å². The highest BCUT2D eigenvalue weighted by Gasteiger charge is 2.59. The molecule has 0 unspecified atom stereocenters. The molecule has 1 N–H and O–H groups in total. The van der Waals surface area contributed by atoms with E-state index in [1.807, 2.05) is 19.1 Å². The first-order valence-electron chi connectivity index (χ1n) is 13.4. The Morgan fingerprint density at radius 3 is 2.49 bits per heavy atom.